The lowest BCUT2D eigenvalue weighted by atomic mass is 10.2. The predicted octanol–water partition coefficient (Wildman–Crippen LogP) is 3.88. The number of rotatable bonds is 7. The second-order valence-corrected chi connectivity index (χ2v) is 7.29. The minimum absolute atomic E-state index is 0.329. The van der Waals surface area contributed by atoms with Crippen molar-refractivity contribution in [2.45, 2.75) is 37.1 Å². The summed E-state index contributed by atoms with van der Waals surface area (Å²) in [6, 6.07) is 5.47. The van der Waals surface area contributed by atoms with Crippen molar-refractivity contribution in [1.29, 1.82) is 0 Å². The maximum atomic E-state index is 12.5. The monoisotopic (exact) mass is 319 g/mol. The van der Waals surface area contributed by atoms with Crippen LogP contribution in [-0.2, 0) is 10.8 Å². The number of nitrogens with one attached hydrogen (secondary N) is 1. The van der Waals surface area contributed by atoms with E-state index in [2.05, 4.69) is 12.2 Å². The van der Waals surface area contributed by atoms with Gasteiger partial charge in [-0.3, -0.25) is 4.21 Å². The molecule has 1 fully saturated rings. The van der Waals surface area contributed by atoms with Crippen LogP contribution in [0, 0.1) is 5.92 Å². The van der Waals surface area contributed by atoms with Crippen molar-refractivity contribution in [2.75, 3.05) is 12.3 Å². The number of hydrogen-bond donors (Lipinski definition) is 1. The third-order valence-electron chi connectivity index (χ3n) is 3.32. The second kappa shape index (κ2) is 7.07. The van der Waals surface area contributed by atoms with Gasteiger partial charge in [0.15, 0.2) is 0 Å². The van der Waals surface area contributed by atoms with E-state index in [-0.39, 0.29) is 0 Å². The Morgan fingerprint density at radius 1 is 1.42 bits per heavy atom. The van der Waals surface area contributed by atoms with Gasteiger partial charge in [0.1, 0.15) is 0 Å². The van der Waals surface area contributed by atoms with Crippen molar-refractivity contribution in [3.8, 4) is 0 Å². The molecule has 0 heterocycles. The summed E-state index contributed by atoms with van der Waals surface area (Å²) in [6.07, 6.45) is 3.57. The van der Waals surface area contributed by atoms with Crippen LogP contribution in [0.1, 0.15) is 26.2 Å². The van der Waals surface area contributed by atoms with E-state index >= 15 is 0 Å². The maximum absolute atomic E-state index is 12.5. The Morgan fingerprint density at radius 3 is 2.79 bits per heavy atom. The topological polar surface area (TPSA) is 29.1 Å². The highest BCUT2D eigenvalue weighted by molar-refractivity contribution is 7.85. The summed E-state index contributed by atoms with van der Waals surface area (Å²) < 4.78 is 12.5. The quantitative estimate of drug-likeness (QED) is 0.826. The number of benzene rings is 1. The Bertz CT molecular complexity index is 463. The number of hydrogen-bond acceptors (Lipinski definition) is 2. The van der Waals surface area contributed by atoms with E-state index in [0.29, 0.717) is 32.7 Å². The highest BCUT2D eigenvalue weighted by atomic mass is 35.5. The van der Waals surface area contributed by atoms with Crippen LogP contribution in [0.25, 0.3) is 0 Å². The van der Waals surface area contributed by atoms with Gasteiger partial charge < -0.3 is 5.32 Å². The van der Waals surface area contributed by atoms with Crippen LogP contribution in [-0.4, -0.2) is 22.5 Å². The molecule has 0 saturated heterocycles. The van der Waals surface area contributed by atoms with Gasteiger partial charge in [-0.1, -0.05) is 30.1 Å². The van der Waals surface area contributed by atoms with Crippen LogP contribution in [0.4, 0.5) is 0 Å². The molecule has 1 aromatic carbocycles. The average molecular weight is 320 g/mol. The summed E-state index contributed by atoms with van der Waals surface area (Å²) in [4.78, 5) is 0.651. The summed E-state index contributed by atoms with van der Waals surface area (Å²) in [5.41, 5.74) is 0. The Hall–Kier alpha value is -0.0900. The molecule has 2 nitrogen and oxygen atoms in total. The van der Waals surface area contributed by atoms with E-state index in [9.17, 15) is 4.21 Å². The molecule has 0 aromatic heterocycles. The zero-order valence-electron chi connectivity index (χ0n) is 11.0. The molecule has 5 heteroatoms. The lowest BCUT2D eigenvalue weighted by molar-refractivity contribution is 0.498. The average Bonchev–Trinajstić information content (AvgIpc) is 3.21. The Morgan fingerprint density at radius 2 is 2.16 bits per heavy atom. The van der Waals surface area contributed by atoms with E-state index in [1.54, 1.807) is 18.2 Å². The number of halogens is 2. The largest absolute Gasteiger partial charge is 0.313 e. The van der Waals surface area contributed by atoms with Gasteiger partial charge in [-0.05, 0) is 49.9 Å². The van der Waals surface area contributed by atoms with Gasteiger partial charge in [0.05, 0.1) is 20.7 Å². The Balaban J connectivity index is 2.03. The summed E-state index contributed by atoms with van der Waals surface area (Å²) in [6.45, 7) is 3.11. The van der Waals surface area contributed by atoms with Gasteiger partial charge in [0, 0.05) is 16.8 Å². The molecule has 1 aliphatic carbocycles. The standard InChI is InChI=1S/C14H19Cl2NOS/c1-2-7-17-13(10-3-4-10)9-19(18)14-8-11(15)5-6-12(14)16/h5-6,8,10,13,17H,2-4,7,9H2,1H3. The first-order valence-electron chi connectivity index (χ1n) is 6.68. The maximum Gasteiger partial charge on any atom is 0.0589 e. The van der Waals surface area contributed by atoms with Crippen molar-refractivity contribution < 1.29 is 4.21 Å². The first-order chi connectivity index (χ1) is 9.11. The zero-order valence-corrected chi connectivity index (χ0v) is 13.3. The van der Waals surface area contributed by atoms with Crippen LogP contribution >= 0.6 is 23.2 Å². The molecule has 106 valence electrons. The third kappa shape index (κ3) is 4.45. The highest BCUT2D eigenvalue weighted by Crippen LogP contribution is 2.34. The minimum atomic E-state index is -1.10. The highest BCUT2D eigenvalue weighted by Gasteiger charge is 2.32. The summed E-state index contributed by atoms with van der Waals surface area (Å²) >= 11 is 12.0. The predicted molar refractivity (Wildman–Crippen MR) is 82.5 cm³/mol. The van der Waals surface area contributed by atoms with Gasteiger partial charge >= 0.3 is 0 Å². The van der Waals surface area contributed by atoms with Gasteiger partial charge in [0.25, 0.3) is 0 Å². The van der Waals surface area contributed by atoms with Crippen molar-refractivity contribution >= 4 is 34.0 Å². The van der Waals surface area contributed by atoms with Crippen LogP contribution in [0.15, 0.2) is 23.1 Å². The lowest BCUT2D eigenvalue weighted by Gasteiger charge is -2.17. The molecule has 2 atom stereocenters. The van der Waals surface area contributed by atoms with E-state index < -0.39 is 10.8 Å². The SMILES string of the molecule is CCCNC(CS(=O)c1cc(Cl)ccc1Cl)C1CC1. The molecule has 0 radical (unpaired) electrons. The molecule has 2 unspecified atom stereocenters. The fraction of sp³-hybridized carbons (Fsp3) is 0.571. The van der Waals surface area contributed by atoms with Gasteiger partial charge in [0.2, 0.25) is 0 Å². The summed E-state index contributed by atoms with van der Waals surface area (Å²) in [5, 5.41) is 4.61. The van der Waals surface area contributed by atoms with Gasteiger partial charge in [-0.25, -0.2) is 0 Å². The van der Waals surface area contributed by atoms with E-state index in [1.807, 2.05) is 0 Å². The molecule has 0 spiro atoms. The van der Waals surface area contributed by atoms with Crippen LogP contribution < -0.4 is 5.32 Å². The smallest absolute Gasteiger partial charge is 0.0589 e. The molecule has 1 saturated carbocycles. The Labute approximate surface area is 127 Å². The van der Waals surface area contributed by atoms with E-state index in [1.165, 1.54) is 12.8 Å². The van der Waals surface area contributed by atoms with Gasteiger partial charge in [-0.2, -0.15) is 0 Å². The normalized spacial score (nSPS) is 18.3. The van der Waals surface area contributed by atoms with Crippen LogP contribution in [0.2, 0.25) is 10.0 Å². The molecular formula is C14H19Cl2NOS. The van der Waals surface area contributed by atoms with E-state index in [4.69, 9.17) is 23.2 Å². The molecule has 0 bridgehead atoms. The minimum Gasteiger partial charge on any atom is -0.313 e. The van der Waals surface area contributed by atoms with Crippen molar-refractivity contribution in [1.82, 2.24) is 5.32 Å². The fourth-order valence-electron chi connectivity index (χ4n) is 2.09. The fourth-order valence-corrected chi connectivity index (χ4v) is 4.15. The molecule has 2 rings (SSSR count). The lowest BCUT2D eigenvalue weighted by Crippen LogP contribution is -2.36. The molecule has 0 aliphatic heterocycles. The van der Waals surface area contributed by atoms with Crippen molar-refractivity contribution in [3.63, 3.8) is 0 Å². The zero-order chi connectivity index (χ0) is 13.8. The van der Waals surface area contributed by atoms with Gasteiger partial charge in [-0.15, -0.1) is 0 Å². The third-order valence-corrected chi connectivity index (χ3v) is 5.48. The molecule has 1 aromatic rings. The van der Waals surface area contributed by atoms with Crippen LogP contribution in [0.5, 0.6) is 0 Å². The summed E-state index contributed by atoms with van der Waals surface area (Å²) in [7, 11) is -1.10. The molecule has 19 heavy (non-hydrogen) atoms. The van der Waals surface area contributed by atoms with Crippen molar-refractivity contribution in [3.05, 3.63) is 28.2 Å². The first-order valence-corrected chi connectivity index (χ1v) is 8.76. The van der Waals surface area contributed by atoms with Crippen molar-refractivity contribution in [2.24, 2.45) is 5.92 Å². The Kier molecular flexibility index (Phi) is 5.70. The summed E-state index contributed by atoms with van der Waals surface area (Å²) in [5.74, 6) is 1.29. The molecule has 0 amide bonds. The molecule has 1 N–H and O–H groups in total. The van der Waals surface area contributed by atoms with E-state index in [0.717, 1.165) is 13.0 Å². The van der Waals surface area contributed by atoms with Crippen LogP contribution in [0.3, 0.4) is 0 Å². The molecular weight excluding hydrogens is 301 g/mol. The molecule has 1 aliphatic rings. The second-order valence-electron chi connectivity index (χ2n) is 4.98. The first kappa shape index (κ1) is 15.3.